The van der Waals surface area contributed by atoms with Gasteiger partial charge in [0.25, 0.3) is 29.2 Å². The fraction of sp³-hybridized carbons (Fsp3) is 0.452. The van der Waals surface area contributed by atoms with Crippen LogP contribution in [0.3, 0.4) is 0 Å². The Morgan fingerprint density at radius 3 is 1.93 bits per heavy atom. The molecule has 2 rings (SSSR count). The van der Waals surface area contributed by atoms with Gasteiger partial charge in [-0.2, -0.15) is 0 Å². The number of aromatic nitrogens is 1. The molecule has 15 heteroatoms. The largest absolute Gasteiger partial charge is 1.00 e. The van der Waals surface area contributed by atoms with Crippen molar-refractivity contribution >= 4 is 29.7 Å². The van der Waals surface area contributed by atoms with Crippen LogP contribution in [0.5, 0.6) is 5.88 Å². The summed E-state index contributed by atoms with van der Waals surface area (Å²) < 4.78 is 0.865. The predicted octanol–water partition coefficient (Wildman–Crippen LogP) is -3.61. The topological polar surface area (TPSA) is 204 Å². The van der Waals surface area contributed by atoms with Crippen LogP contribution in [0.25, 0.3) is 6.08 Å². The van der Waals surface area contributed by atoms with Gasteiger partial charge in [0.05, 0.1) is 0 Å². The summed E-state index contributed by atoms with van der Waals surface area (Å²) in [5.74, 6) is -3.68. The van der Waals surface area contributed by atoms with Crippen molar-refractivity contribution in [3.63, 3.8) is 0 Å². The Morgan fingerprint density at radius 2 is 1.39 bits per heavy atom. The summed E-state index contributed by atoms with van der Waals surface area (Å²) in [7, 11) is 0. The minimum atomic E-state index is -0.827. The third-order valence-electron chi connectivity index (χ3n) is 7.36. The maximum atomic E-state index is 13.2. The molecule has 0 aliphatic carbocycles. The first-order valence-electron chi connectivity index (χ1n) is 14.6. The first kappa shape index (κ1) is 40.7. The van der Waals surface area contributed by atoms with Gasteiger partial charge in [0.2, 0.25) is 0 Å². The van der Waals surface area contributed by atoms with Gasteiger partial charge >= 0.3 is 29.6 Å². The molecular formula is C31H41N4NaO10. The number of allylic oxidation sites excluding steroid dienone is 4. The number of imide groups is 1. The van der Waals surface area contributed by atoms with Gasteiger partial charge in [0.1, 0.15) is 24.6 Å². The van der Waals surface area contributed by atoms with Crippen molar-refractivity contribution in [1.82, 2.24) is 19.3 Å². The molecule has 1 aromatic rings. The Balaban J connectivity index is 0.0000106. The number of aliphatic hydroxyl groups excluding tert-OH is 4. The molecule has 246 valence electrons. The molecule has 1 aromatic heterocycles. The van der Waals surface area contributed by atoms with Crippen LogP contribution in [0.2, 0.25) is 0 Å². The van der Waals surface area contributed by atoms with Crippen LogP contribution in [-0.4, -0.2) is 110 Å². The van der Waals surface area contributed by atoms with Crippen LogP contribution >= 0.6 is 0 Å². The molecule has 0 saturated heterocycles. The molecule has 14 nitrogen and oxygen atoms in total. The minimum Gasteiger partial charge on any atom is -0.860 e. The first-order chi connectivity index (χ1) is 21.5. The number of pyridine rings is 1. The Morgan fingerprint density at radius 1 is 0.826 bits per heavy atom. The Bertz CT molecular complexity index is 1470. The zero-order valence-electron chi connectivity index (χ0n) is 27.0. The Labute approximate surface area is 289 Å². The fourth-order valence-corrected chi connectivity index (χ4v) is 4.72. The quantitative estimate of drug-likeness (QED) is 0.0366. The minimum absolute atomic E-state index is 0. The standard InChI is InChI=1S/C31H42N4O10.Na/c1-5-32(18-38)28(42)24-20(3)22(26(40)34(30(24)44)14-10-16-36)12-8-7-9-13-23-21(4)25(29(43)33(6-2)19-39)31(45)35(27(23)41)15-11-17-37;/h7-9,12-13,36-40H,5-6,10-11,14-19H2,1-4H3;/q;+1/p-1/b9-7?,12-8?,23-13-;. The number of hydrogen-bond donors (Lipinski definition) is 4. The summed E-state index contributed by atoms with van der Waals surface area (Å²) in [6.45, 7) is 4.26. The molecule has 0 fully saturated rings. The van der Waals surface area contributed by atoms with E-state index in [1.54, 1.807) is 13.8 Å². The number of nitrogens with zero attached hydrogens (tertiary/aromatic N) is 4. The number of aliphatic hydroxyl groups is 4. The van der Waals surface area contributed by atoms with Gasteiger partial charge in [-0.05, 0) is 69.2 Å². The average molecular weight is 653 g/mol. The zero-order valence-corrected chi connectivity index (χ0v) is 29.0. The van der Waals surface area contributed by atoms with Crippen molar-refractivity contribution in [3.05, 3.63) is 68.1 Å². The Kier molecular flexibility index (Phi) is 17.1. The van der Waals surface area contributed by atoms with Crippen LogP contribution in [0.15, 0.2) is 45.8 Å². The van der Waals surface area contributed by atoms with E-state index in [2.05, 4.69) is 0 Å². The van der Waals surface area contributed by atoms with Crippen molar-refractivity contribution in [2.24, 2.45) is 0 Å². The van der Waals surface area contributed by atoms with Gasteiger partial charge < -0.3 is 39.9 Å². The number of amides is 4. The second kappa shape index (κ2) is 19.3. The molecule has 1 aliphatic heterocycles. The SMILES string of the molecule is CCN(CO)C(=O)C1=C(C)/C(=C/C=CC=Cc2c(C)c(C(=O)N(CC)CO)c(=O)n(CCCO)c2[O-])C(=O)N(CCCO)C1=O.[Na+]. The maximum Gasteiger partial charge on any atom is 1.00 e. The summed E-state index contributed by atoms with van der Waals surface area (Å²) in [5.41, 5.74) is -1.11. The molecule has 0 bridgehead atoms. The molecular weight excluding hydrogens is 611 g/mol. The number of likely N-dealkylation sites (N-methyl/N-ethyl adjacent to an activating group) is 1. The molecule has 2 heterocycles. The molecule has 0 spiro atoms. The summed E-state index contributed by atoms with van der Waals surface area (Å²) in [6.07, 6.45) is 7.30. The van der Waals surface area contributed by atoms with E-state index in [4.69, 9.17) is 0 Å². The molecule has 0 aromatic carbocycles. The molecule has 0 saturated carbocycles. The van der Waals surface area contributed by atoms with Crippen molar-refractivity contribution < 1.29 is 74.3 Å². The molecule has 0 unspecified atom stereocenters. The van der Waals surface area contributed by atoms with E-state index in [0.717, 1.165) is 19.3 Å². The van der Waals surface area contributed by atoms with Gasteiger partial charge in [-0.25, -0.2) is 0 Å². The number of rotatable bonds is 15. The van der Waals surface area contributed by atoms with E-state index in [9.17, 15) is 49.5 Å². The fourth-order valence-electron chi connectivity index (χ4n) is 4.72. The zero-order chi connectivity index (χ0) is 33.8. The van der Waals surface area contributed by atoms with Gasteiger partial charge in [-0.3, -0.25) is 28.9 Å². The van der Waals surface area contributed by atoms with Crippen LogP contribution in [0.4, 0.5) is 0 Å². The van der Waals surface area contributed by atoms with Crippen molar-refractivity contribution in [1.29, 1.82) is 0 Å². The second-order valence-electron chi connectivity index (χ2n) is 10.0. The normalized spacial score (nSPS) is 14.5. The van der Waals surface area contributed by atoms with Gasteiger partial charge in [-0.15, -0.1) is 0 Å². The maximum absolute atomic E-state index is 13.2. The molecule has 0 atom stereocenters. The van der Waals surface area contributed by atoms with E-state index in [-0.39, 0.29) is 115 Å². The van der Waals surface area contributed by atoms with Crippen LogP contribution < -0.4 is 40.2 Å². The van der Waals surface area contributed by atoms with Gasteiger partial charge in [0, 0.05) is 45.0 Å². The predicted molar refractivity (Wildman–Crippen MR) is 162 cm³/mol. The van der Waals surface area contributed by atoms with Crippen LogP contribution in [0.1, 0.15) is 55.1 Å². The summed E-state index contributed by atoms with van der Waals surface area (Å²) in [6, 6.07) is 0. The molecule has 0 radical (unpaired) electrons. The summed E-state index contributed by atoms with van der Waals surface area (Å²) >= 11 is 0. The average Bonchev–Trinajstić information content (AvgIpc) is 3.01. The second-order valence-corrected chi connectivity index (χ2v) is 10.0. The third-order valence-corrected chi connectivity index (χ3v) is 7.36. The number of carbonyl (C=O) groups is 4. The Hall–Kier alpha value is -3.37. The molecule has 46 heavy (non-hydrogen) atoms. The first-order valence-corrected chi connectivity index (χ1v) is 14.6. The van der Waals surface area contributed by atoms with Crippen molar-refractivity contribution in [2.45, 2.75) is 47.1 Å². The van der Waals surface area contributed by atoms with Gasteiger partial charge in [0.15, 0.2) is 0 Å². The number of carbonyl (C=O) groups excluding carboxylic acids is 4. The van der Waals surface area contributed by atoms with Crippen molar-refractivity contribution in [3.8, 4) is 5.88 Å². The smallest absolute Gasteiger partial charge is 0.860 e. The van der Waals surface area contributed by atoms with Crippen LogP contribution in [0, 0.1) is 6.92 Å². The van der Waals surface area contributed by atoms with E-state index >= 15 is 0 Å². The van der Waals surface area contributed by atoms with Crippen LogP contribution in [-0.2, 0) is 20.9 Å². The molecule has 4 N–H and O–H groups in total. The number of hydrogen-bond acceptors (Lipinski definition) is 10. The van der Waals surface area contributed by atoms with E-state index < -0.39 is 48.5 Å². The molecule has 4 amide bonds. The van der Waals surface area contributed by atoms with Crippen molar-refractivity contribution in [2.75, 3.05) is 46.3 Å². The van der Waals surface area contributed by atoms with E-state index in [1.807, 2.05) is 0 Å². The van der Waals surface area contributed by atoms with E-state index in [1.165, 1.54) is 44.2 Å². The van der Waals surface area contributed by atoms with Gasteiger partial charge in [-0.1, -0.05) is 24.3 Å². The summed E-state index contributed by atoms with van der Waals surface area (Å²) in [5, 5.41) is 50.9. The summed E-state index contributed by atoms with van der Waals surface area (Å²) in [4.78, 5) is 68.5. The third kappa shape index (κ3) is 8.91. The van der Waals surface area contributed by atoms with E-state index in [0.29, 0.717) is 0 Å². The molecule has 1 aliphatic rings. The monoisotopic (exact) mass is 652 g/mol.